The lowest BCUT2D eigenvalue weighted by Crippen LogP contribution is -2.45. The average Bonchev–Trinajstić information content (AvgIpc) is 2.79. The van der Waals surface area contributed by atoms with Crippen molar-refractivity contribution in [1.29, 1.82) is 0 Å². The van der Waals surface area contributed by atoms with Gasteiger partial charge in [0.2, 0.25) is 0 Å². The summed E-state index contributed by atoms with van der Waals surface area (Å²) in [7, 11) is 0. The van der Waals surface area contributed by atoms with Gasteiger partial charge in [0.25, 0.3) is 0 Å². The van der Waals surface area contributed by atoms with Crippen LogP contribution in [-0.2, 0) is 10.2 Å². The van der Waals surface area contributed by atoms with Crippen LogP contribution in [0.5, 0.6) is 0 Å². The van der Waals surface area contributed by atoms with Gasteiger partial charge >= 0.3 is 0 Å². The molecule has 2 rings (SSSR count). The fourth-order valence-corrected chi connectivity index (χ4v) is 3.57. The van der Waals surface area contributed by atoms with E-state index in [0.29, 0.717) is 18.2 Å². The molecule has 18 heavy (non-hydrogen) atoms. The number of thiophene rings is 1. The molecule has 1 fully saturated rings. The van der Waals surface area contributed by atoms with Gasteiger partial charge in [0.1, 0.15) is 0 Å². The lowest BCUT2D eigenvalue weighted by atomic mass is 9.90. The van der Waals surface area contributed by atoms with E-state index < -0.39 is 0 Å². The van der Waals surface area contributed by atoms with Crippen LogP contribution in [0.4, 0.5) is 0 Å². The molecule has 0 aliphatic carbocycles. The summed E-state index contributed by atoms with van der Waals surface area (Å²) < 4.78 is 5.78. The van der Waals surface area contributed by atoms with Gasteiger partial charge in [-0.3, -0.25) is 0 Å². The Balaban J connectivity index is 1.87. The fraction of sp³-hybridized carbons (Fsp3) is 0.733. The zero-order chi connectivity index (χ0) is 13.2. The highest BCUT2D eigenvalue weighted by Gasteiger charge is 2.27. The van der Waals surface area contributed by atoms with E-state index in [9.17, 15) is 0 Å². The summed E-state index contributed by atoms with van der Waals surface area (Å²) in [5, 5.41) is 5.90. The summed E-state index contributed by atoms with van der Waals surface area (Å²) in [6.45, 7) is 10.0. The van der Waals surface area contributed by atoms with Gasteiger partial charge in [0, 0.05) is 22.9 Å². The van der Waals surface area contributed by atoms with Crippen LogP contribution in [0.25, 0.3) is 0 Å². The molecule has 0 bridgehead atoms. The minimum absolute atomic E-state index is 0.221. The van der Waals surface area contributed by atoms with Gasteiger partial charge in [0.15, 0.2) is 0 Å². The molecule has 0 aromatic carbocycles. The van der Waals surface area contributed by atoms with Crippen molar-refractivity contribution >= 4 is 11.3 Å². The van der Waals surface area contributed by atoms with Gasteiger partial charge in [-0.1, -0.05) is 19.9 Å². The molecule has 0 spiro atoms. The van der Waals surface area contributed by atoms with Crippen molar-refractivity contribution in [1.82, 2.24) is 5.32 Å². The first-order chi connectivity index (χ1) is 8.47. The molecule has 2 atom stereocenters. The molecule has 2 nitrogen and oxygen atoms in total. The largest absolute Gasteiger partial charge is 0.375 e. The van der Waals surface area contributed by atoms with Crippen LogP contribution in [0.1, 0.15) is 45.4 Å². The third-order valence-electron chi connectivity index (χ3n) is 3.72. The van der Waals surface area contributed by atoms with Crippen LogP contribution in [-0.4, -0.2) is 24.8 Å². The lowest BCUT2D eigenvalue weighted by Gasteiger charge is -2.35. The standard InChI is InChI=1S/C15H25NOS/c1-11-8-13(9-12(2)17-11)16-10-15(3,4)14-6-5-7-18-14/h5-7,11-13,16H,8-10H2,1-4H3. The van der Waals surface area contributed by atoms with E-state index in [1.807, 2.05) is 11.3 Å². The van der Waals surface area contributed by atoms with Gasteiger partial charge in [-0.2, -0.15) is 0 Å². The Labute approximate surface area is 115 Å². The molecule has 1 aliphatic rings. The Morgan fingerprint density at radius 3 is 2.56 bits per heavy atom. The normalized spacial score (nSPS) is 29.4. The van der Waals surface area contributed by atoms with E-state index in [4.69, 9.17) is 4.74 Å². The minimum atomic E-state index is 0.221. The Kier molecular flexibility index (Phi) is 4.46. The molecule has 0 amide bonds. The second-order valence-corrected chi connectivity index (χ2v) is 7.12. The molecule has 2 unspecified atom stereocenters. The average molecular weight is 267 g/mol. The number of ether oxygens (including phenoxy) is 1. The third kappa shape index (κ3) is 3.56. The van der Waals surface area contributed by atoms with Crippen LogP contribution in [0, 0.1) is 0 Å². The molecule has 0 radical (unpaired) electrons. The zero-order valence-corrected chi connectivity index (χ0v) is 12.7. The predicted molar refractivity (Wildman–Crippen MR) is 78.4 cm³/mol. The highest BCUT2D eigenvalue weighted by atomic mass is 32.1. The third-order valence-corrected chi connectivity index (χ3v) is 4.95. The van der Waals surface area contributed by atoms with Crippen LogP contribution in [0.3, 0.4) is 0 Å². The van der Waals surface area contributed by atoms with Crippen LogP contribution < -0.4 is 5.32 Å². The molecule has 1 aromatic rings. The van der Waals surface area contributed by atoms with Gasteiger partial charge in [-0.05, 0) is 38.1 Å². The van der Waals surface area contributed by atoms with Crippen molar-refractivity contribution in [3.05, 3.63) is 22.4 Å². The van der Waals surface area contributed by atoms with E-state index in [2.05, 4.69) is 50.5 Å². The second-order valence-electron chi connectivity index (χ2n) is 6.17. The fourth-order valence-electron chi connectivity index (χ4n) is 2.72. The van der Waals surface area contributed by atoms with E-state index in [0.717, 1.165) is 19.4 Å². The predicted octanol–water partition coefficient (Wildman–Crippen LogP) is 3.57. The Morgan fingerprint density at radius 1 is 1.33 bits per heavy atom. The molecule has 2 heterocycles. The Hall–Kier alpha value is -0.380. The molecule has 1 saturated heterocycles. The van der Waals surface area contributed by atoms with Gasteiger partial charge < -0.3 is 10.1 Å². The quantitative estimate of drug-likeness (QED) is 0.900. The maximum absolute atomic E-state index is 5.78. The van der Waals surface area contributed by atoms with Crippen molar-refractivity contribution < 1.29 is 4.74 Å². The summed E-state index contributed by atoms with van der Waals surface area (Å²) in [4.78, 5) is 1.46. The maximum atomic E-state index is 5.78. The molecule has 3 heteroatoms. The summed E-state index contributed by atoms with van der Waals surface area (Å²) in [6, 6.07) is 4.98. The molecule has 1 N–H and O–H groups in total. The molecule has 0 saturated carbocycles. The van der Waals surface area contributed by atoms with Crippen molar-refractivity contribution in [2.24, 2.45) is 0 Å². The van der Waals surface area contributed by atoms with Crippen molar-refractivity contribution in [2.75, 3.05) is 6.54 Å². The van der Waals surface area contributed by atoms with Crippen LogP contribution in [0.15, 0.2) is 17.5 Å². The zero-order valence-electron chi connectivity index (χ0n) is 11.9. The van der Waals surface area contributed by atoms with Crippen molar-refractivity contribution in [3.8, 4) is 0 Å². The summed E-state index contributed by atoms with van der Waals surface area (Å²) in [5.74, 6) is 0. The number of hydrogen-bond donors (Lipinski definition) is 1. The summed E-state index contributed by atoms with van der Waals surface area (Å²) in [6.07, 6.45) is 3.03. The maximum Gasteiger partial charge on any atom is 0.0565 e. The Morgan fingerprint density at radius 2 is 2.00 bits per heavy atom. The molecular weight excluding hydrogens is 242 g/mol. The second kappa shape index (κ2) is 5.72. The first-order valence-corrected chi connectivity index (χ1v) is 7.78. The highest BCUT2D eigenvalue weighted by molar-refractivity contribution is 7.10. The first-order valence-electron chi connectivity index (χ1n) is 6.90. The van der Waals surface area contributed by atoms with Crippen molar-refractivity contribution in [2.45, 2.75) is 64.2 Å². The lowest BCUT2D eigenvalue weighted by molar-refractivity contribution is -0.0425. The Bertz CT molecular complexity index is 351. The number of rotatable bonds is 4. The monoisotopic (exact) mass is 267 g/mol. The topological polar surface area (TPSA) is 21.3 Å². The van der Waals surface area contributed by atoms with Gasteiger partial charge in [-0.15, -0.1) is 11.3 Å². The first kappa shape index (κ1) is 14.0. The summed E-state index contributed by atoms with van der Waals surface area (Å²) >= 11 is 1.85. The molecule has 102 valence electrons. The minimum Gasteiger partial charge on any atom is -0.375 e. The van der Waals surface area contributed by atoms with Crippen molar-refractivity contribution in [3.63, 3.8) is 0 Å². The van der Waals surface area contributed by atoms with E-state index in [1.165, 1.54) is 4.88 Å². The summed E-state index contributed by atoms with van der Waals surface area (Å²) in [5.41, 5.74) is 0.221. The van der Waals surface area contributed by atoms with E-state index >= 15 is 0 Å². The number of hydrogen-bond acceptors (Lipinski definition) is 3. The van der Waals surface area contributed by atoms with Crippen LogP contribution >= 0.6 is 11.3 Å². The van der Waals surface area contributed by atoms with E-state index in [1.54, 1.807) is 0 Å². The molecule has 1 aromatic heterocycles. The SMILES string of the molecule is CC1CC(NCC(C)(C)c2cccs2)CC(C)O1. The van der Waals surface area contributed by atoms with Gasteiger partial charge in [0.05, 0.1) is 12.2 Å². The smallest absolute Gasteiger partial charge is 0.0565 e. The molecular formula is C15H25NOS. The highest BCUT2D eigenvalue weighted by Crippen LogP contribution is 2.27. The van der Waals surface area contributed by atoms with Gasteiger partial charge in [-0.25, -0.2) is 0 Å². The van der Waals surface area contributed by atoms with Crippen LogP contribution in [0.2, 0.25) is 0 Å². The molecule has 1 aliphatic heterocycles. The van der Waals surface area contributed by atoms with E-state index in [-0.39, 0.29) is 5.41 Å². The number of nitrogens with one attached hydrogen (secondary N) is 1.